The van der Waals surface area contributed by atoms with Gasteiger partial charge in [0, 0.05) is 10.0 Å². The number of amides is 3. The van der Waals surface area contributed by atoms with E-state index < -0.39 is 72.7 Å². The molecular formula is C32H28Cl4F5N3O5. The molecule has 0 aliphatic carbocycles. The van der Waals surface area contributed by atoms with Gasteiger partial charge >= 0.3 is 12.1 Å². The van der Waals surface area contributed by atoms with Crippen molar-refractivity contribution in [3.8, 4) is 5.75 Å². The number of ether oxygens (including phenoxy) is 1. The number of nitrogens with one attached hydrogen (secondary N) is 3. The van der Waals surface area contributed by atoms with Gasteiger partial charge in [-0.2, -0.15) is 22.0 Å². The van der Waals surface area contributed by atoms with E-state index in [0.29, 0.717) is 10.6 Å². The van der Waals surface area contributed by atoms with Gasteiger partial charge < -0.3 is 20.7 Å². The van der Waals surface area contributed by atoms with E-state index in [1.807, 2.05) is 0 Å². The average Bonchev–Trinajstić information content (AvgIpc) is 3.01. The largest absolute Gasteiger partial charge is 0.485 e. The Morgan fingerprint density at radius 1 is 0.776 bits per heavy atom. The Morgan fingerprint density at radius 2 is 1.41 bits per heavy atom. The Morgan fingerprint density at radius 3 is 1.98 bits per heavy atom. The number of carbonyl (C=O) groups is 4. The third-order valence-corrected chi connectivity index (χ3v) is 8.05. The molecule has 0 fully saturated rings. The van der Waals surface area contributed by atoms with Crippen molar-refractivity contribution in [2.24, 2.45) is 5.92 Å². The lowest BCUT2D eigenvalue weighted by Crippen LogP contribution is -2.58. The summed E-state index contributed by atoms with van der Waals surface area (Å²) in [6.07, 6.45) is -6.49. The van der Waals surface area contributed by atoms with E-state index in [4.69, 9.17) is 51.1 Å². The summed E-state index contributed by atoms with van der Waals surface area (Å²) in [5.41, 5.74) is 0.523. The molecule has 49 heavy (non-hydrogen) atoms. The zero-order valence-corrected chi connectivity index (χ0v) is 28.5. The molecule has 3 N–H and O–H groups in total. The third-order valence-electron chi connectivity index (χ3n) is 6.82. The molecule has 17 heteroatoms. The molecule has 264 valence electrons. The second kappa shape index (κ2) is 16.8. The fourth-order valence-electron chi connectivity index (χ4n) is 4.36. The van der Waals surface area contributed by atoms with Crippen molar-refractivity contribution in [3.63, 3.8) is 0 Å². The van der Waals surface area contributed by atoms with Gasteiger partial charge in [-0.05, 0) is 59.5 Å². The molecule has 3 aromatic carbocycles. The van der Waals surface area contributed by atoms with Gasteiger partial charge in [0.15, 0.2) is 0 Å². The van der Waals surface area contributed by atoms with Crippen LogP contribution < -0.4 is 20.7 Å². The predicted molar refractivity (Wildman–Crippen MR) is 174 cm³/mol. The van der Waals surface area contributed by atoms with Gasteiger partial charge in [0.1, 0.15) is 24.4 Å². The first-order valence-corrected chi connectivity index (χ1v) is 15.8. The van der Waals surface area contributed by atoms with Crippen molar-refractivity contribution in [2.75, 3.05) is 6.54 Å². The van der Waals surface area contributed by atoms with Crippen molar-refractivity contribution in [1.29, 1.82) is 0 Å². The van der Waals surface area contributed by atoms with Crippen LogP contribution in [0, 0.1) is 5.92 Å². The summed E-state index contributed by atoms with van der Waals surface area (Å²) >= 11 is 24.3. The Hall–Kier alpha value is -3.65. The van der Waals surface area contributed by atoms with Gasteiger partial charge in [-0.1, -0.05) is 84.5 Å². The lowest BCUT2D eigenvalue weighted by molar-refractivity contribution is -0.165. The van der Waals surface area contributed by atoms with E-state index in [-0.39, 0.29) is 26.4 Å². The van der Waals surface area contributed by atoms with Gasteiger partial charge in [-0.15, -0.1) is 0 Å². The second-order valence-electron chi connectivity index (χ2n) is 11.0. The molecule has 3 atom stereocenters. The molecule has 0 aromatic heterocycles. The Bertz CT molecular complexity index is 1680. The highest BCUT2D eigenvalue weighted by Crippen LogP contribution is 2.32. The summed E-state index contributed by atoms with van der Waals surface area (Å²) in [7, 11) is 0. The first kappa shape index (κ1) is 39.8. The highest BCUT2D eigenvalue weighted by Gasteiger charge is 2.52. The summed E-state index contributed by atoms with van der Waals surface area (Å²) in [4.78, 5) is 51.9. The van der Waals surface area contributed by atoms with Crippen LogP contribution in [-0.2, 0) is 19.2 Å². The van der Waals surface area contributed by atoms with Crippen LogP contribution in [0.1, 0.15) is 43.5 Å². The van der Waals surface area contributed by atoms with Crippen molar-refractivity contribution in [2.45, 2.75) is 50.6 Å². The van der Waals surface area contributed by atoms with E-state index in [1.165, 1.54) is 56.3 Å². The molecule has 1 unspecified atom stereocenters. The first-order chi connectivity index (χ1) is 22.8. The summed E-state index contributed by atoms with van der Waals surface area (Å²) in [6, 6.07) is 12.6. The van der Waals surface area contributed by atoms with Crippen molar-refractivity contribution in [3.05, 3.63) is 97.9 Å². The molecule has 0 saturated heterocycles. The molecule has 0 saturated carbocycles. The van der Waals surface area contributed by atoms with E-state index in [9.17, 15) is 41.1 Å². The number of halogens is 9. The molecular weight excluding hydrogens is 743 g/mol. The zero-order chi connectivity index (χ0) is 36.7. The minimum Gasteiger partial charge on any atom is -0.485 e. The number of rotatable bonds is 14. The van der Waals surface area contributed by atoms with Gasteiger partial charge in [-0.3, -0.25) is 19.2 Å². The van der Waals surface area contributed by atoms with Gasteiger partial charge in [0.05, 0.1) is 22.5 Å². The van der Waals surface area contributed by atoms with Crippen LogP contribution in [0.2, 0.25) is 20.1 Å². The molecule has 0 radical (unpaired) electrons. The minimum atomic E-state index is -5.03. The fraction of sp³-hybridized carbons (Fsp3) is 0.312. The molecule has 3 amide bonds. The summed E-state index contributed by atoms with van der Waals surface area (Å²) < 4.78 is 73.1. The molecule has 0 heterocycles. The van der Waals surface area contributed by atoms with Crippen LogP contribution in [0.5, 0.6) is 5.75 Å². The van der Waals surface area contributed by atoms with E-state index in [1.54, 1.807) is 24.3 Å². The maximum atomic E-state index is 14.8. The van der Waals surface area contributed by atoms with E-state index in [2.05, 4.69) is 10.6 Å². The summed E-state index contributed by atoms with van der Waals surface area (Å²) in [5, 5.41) is 6.57. The number of Topliss-reactive ketones (excluding diaryl/α,β-unsaturated/α-hetero) is 1. The van der Waals surface area contributed by atoms with Crippen LogP contribution in [0.3, 0.4) is 0 Å². The van der Waals surface area contributed by atoms with Crippen LogP contribution in [-0.4, -0.2) is 48.2 Å². The average molecular weight is 771 g/mol. The molecule has 3 aromatic rings. The Kier molecular flexibility index (Phi) is 13.7. The number of hydrogen-bond acceptors (Lipinski definition) is 5. The Labute approximate surface area is 297 Å². The van der Waals surface area contributed by atoms with Gasteiger partial charge in [-0.25, -0.2) is 0 Å². The number of hydrogen-bond donors (Lipinski definition) is 3. The SMILES string of the molecule is CC(C)[C@H](NC(=O)[C@@H](NC(=O)CC(Oc1cccc(Cl)c1)c1ccc(Cl)c(Cl)c1)c1ccc(Cl)cc1)C(=O)C(F)(F)C(=O)NCC(F)(F)F. The predicted octanol–water partition coefficient (Wildman–Crippen LogP) is 7.69. The second-order valence-corrected chi connectivity index (χ2v) is 12.6. The fourth-order valence-corrected chi connectivity index (χ4v) is 4.97. The Balaban J connectivity index is 1.90. The summed E-state index contributed by atoms with van der Waals surface area (Å²) in [5.74, 6) is -12.4. The highest BCUT2D eigenvalue weighted by molar-refractivity contribution is 6.42. The number of ketones is 1. The number of alkyl halides is 5. The first-order valence-electron chi connectivity index (χ1n) is 14.3. The quantitative estimate of drug-likeness (QED) is 0.115. The standard InChI is InChI=1S/C32H28Cl4F5N3O5/c1-16(2)26(28(46)32(40,41)30(48)42-15-31(37,38)39)44-29(47)27(17-6-9-19(33)10-7-17)43-25(45)14-24(18-8-11-22(35)23(36)12-18)49-21-5-3-4-20(34)13-21/h3-13,16,24,26-27H,14-15H2,1-2H3,(H,42,48)(H,43,45)(H,44,47)/t24?,26-,27-/m0/s1. The zero-order valence-electron chi connectivity index (χ0n) is 25.5. The molecule has 0 aliphatic heterocycles. The van der Waals surface area contributed by atoms with Gasteiger partial charge in [0.25, 0.3) is 5.91 Å². The van der Waals surface area contributed by atoms with Gasteiger partial charge in [0.2, 0.25) is 17.6 Å². The lowest BCUT2D eigenvalue weighted by atomic mass is 9.94. The maximum Gasteiger partial charge on any atom is 0.405 e. The molecule has 3 rings (SSSR count). The number of carbonyl (C=O) groups excluding carboxylic acids is 4. The minimum absolute atomic E-state index is 0.113. The smallest absolute Gasteiger partial charge is 0.405 e. The highest BCUT2D eigenvalue weighted by atomic mass is 35.5. The lowest BCUT2D eigenvalue weighted by Gasteiger charge is -2.28. The maximum absolute atomic E-state index is 14.8. The van der Waals surface area contributed by atoms with Crippen LogP contribution in [0.4, 0.5) is 22.0 Å². The number of benzene rings is 3. The molecule has 0 bridgehead atoms. The van der Waals surface area contributed by atoms with Crippen molar-refractivity contribution < 1.29 is 45.9 Å². The van der Waals surface area contributed by atoms with Crippen molar-refractivity contribution >= 4 is 69.9 Å². The molecule has 0 spiro atoms. The van der Waals surface area contributed by atoms with E-state index in [0.717, 1.165) is 5.32 Å². The van der Waals surface area contributed by atoms with Crippen LogP contribution >= 0.6 is 46.4 Å². The molecule has 8 nitrogen and oxygen atoms in total. The van der Waals surface area contributed by atoms with Crippen LogP contribution in [0.25, 0.3) is 0 Å². The normalized spacial score (nSPS) is 13.6. The van der Waals surface area contributed by atoms with Crippen molar-refractivity contribution in [1.82, 2.24) is 16.0 Å². The van der Waals surface area contributed by atoms with Crippen LogP contribution in [0.15, 0.2) is 66.7 Å². The topological polar surface area (TPSA) is 114 Å². The molecule has 0 aliphatic rings. The summed E-state index contributed by atoms with van der Waals surface area (Å²) in [6.45, 7) is 0.414. The van der Waals surface area contributed by atoms with E-state index >= 15 is 0 Å². The third kappa shape index (κ3) is 11.4. The monoisotopic (exact) mass is 769 g/mol.